The molecule has 0 spiro atoms. The van der Waals surface area contributed by atoms with Gasteiger partial charge in [0.2, 0.25) is 5.91 Å². The smallest absolute Gasteiger partial charge is 0.257 e. The van der Waals surface area contributed by atoms with E-state index in [0.717, 1.165) is 82.0 Å². The van der Waals surface area contributed by atoms with Gasteiger partial charge in [0.05, 0.1) is 4.91 Å². The summed E-state index contributed by atoms with van der Waals surface area (Å²) in [7, 11) is 0. The molecule has 2 N–H and O–H groups in total. The van der Waals surface area contributed by atoms with Crippen molar-refractivity contribution < 1.29 is 9.59 Å². The average molecular weight is 519 g/mol. The minimum absolute atomic E-state index is 0.0108. The van der Waals surface area contributed by atoms with Crippen molar-refractivity contribution in [2.75, 3.05) is 39.3 Å². The summed E-state index contributed by atoms with van der Waals surface area (Å²) in [6.07, 6.45) is 5.52. The van der Waals surface area contributed by atoms with E-state index in [1.807, 2.05) is 36.4 Å². The average Bonchev–Trinajstić information content (AvgIpc) is 2.93. The zero-order valence-corrected chi connectivity index (χ0v) is 22.3. The van der Waals surface area contributed by atoms with Crippen molar-refractivity contribution >= 4 is 29.7 Å². The number of nitrogens with zero attached hydrogens (tertiary/aromatic N) is 2. The Balaban J connectivity index is 0.991. The monoisotopic (exact) mass is 518 g/mol. The van der Waals surface area contributed by atoms with Crippen LogP contribution >= 0.6 is 11.8 Å². The molecule has 5 rings (SSSR count). The van der Waals surface area contributed by atoms with E-state index < -0.39 is 0 Å². The number of fused-ring (bicyclic) bond motifs is 1. The maximum Gasteiger partial charge on any atom is 0.257 e. The van der Waals surface area contributed by atoms with Gasteiger partial charge in [-0.1, -0.05) is 60.7 Å². The second-order valence-electron chi connectivity index (χ2n) is 10.4. The largest absolute Gasteiger partial charge is 0.356 e. The Morgan fingerprint density at radius 2 is 1.68 bits per heavy atom. The first-order chi connectivity index (χ1) is 18.1. The Morgan fingerprint density at radius 1 is 0.973 bits per heavy atom. The van der Waals surface area contributed by atoms with E-state index >= 15 is 0 Å². The molecule has 1 aliphatic carbocycles. The van der Waals surface area contributed by atoms with Gasteiger partial charge in [-0.05, 0) is 49.4 Å². The topological polar surface area (TPSA) is 64.7 Å². The normalized spacial score (nSPS) is 25.9. The lowest BCUT2D eigenvalue weighted by Crippen LogP contribution is -2.51. The lowest BCUT2D eigenvalue weighted by atomic mass is 9.84. The molecule has 3 unspecified atom stereocenters. The molecule has 2 aromatic rings. The van der Waals surface area contributed by atoms with Gasteiger partial charge in [0.25, 0.3) is 5.91 Å². The number of nitrogens with one attached hydrogen (secondary N) is 2. The highest BCUT2D eigenvalue weighted by molar-refractivity contribution is 8.04. The fourth-order valence-electron chi connectivity index (χ4n) is 5.60. The van der Waals surface area contributed by atoms with Crippen LogP contribution in [0.3, 0.4) is 0 Å². The molecule has 6 nitrogen and oxygen atoms in total. The molecule has 3 atom stereocenters. The Labute approximate surface area is 224 Å². The van der Waals surface area contributed by atoms with Gasteiger partial charge in [0.15, 0.2) is 0 Å². The molecule has 196 valence electrons. The first-order valence-electron chi connectivity index (χ1n) is 13.6. The molecule has 3 fully saturated rings. The van der Waals surface area contributed by atoms with Crippen molar-refractivity contribution in [1.82, 2.24) is 20.4 Å². The van der Waals surface area contributed by atoms with Gasteiger partial charge in [-0.15, -0.1) is 11.8 Å². The molecule has 7 heteroatoms. The quantitative estimate of drug-likeness (QED) is 0.412. The molecule has 2 heterocycles. The number of rotatable bonds is 8. The fraction of sp³-hybridized carbons (Fsp3) is 0.467. The molecular formula is C30H38N4O2S. The highest BCUT2D eigenvalue weighted by atomic mass is 32.2. The summed E-state index contributed by atoms with van der Waals surface area (Å²) in [6.45, 7) is 7.14. The molecule has 0 bridgehead atoms. The number of thioether (sulfide) groups is 1. The van der Waals surface area contributed by atoms with Crippen molar-refractivity contribution in [3.05, 3.63) is 76.7 Å². The second-order valence-corrected chi connectivity index (χ2v) is 11.7. The lowest BCUT2D eigenvalue weighted by molar-refractivity contribution is -0.127. The van der Waals surface area contributed by atoms with E-state index in [1.165, 1.54) is 5.56 Å². The van der Waals surface area contributed by atoms with Crippen LogP contribution in [0, 0.1) is 5.92 Å². The highest BCUT2D eigenvalue weighted by Gasteiger charge is 2.39. The summed E-state index contributed by atoms with van der Waals surface area (Å²) in [5.74, 6) is 0.124. The molecule has 2 aromatic carbocycles. The van der Waals surface area contributed by atoms with E-state index in [1.54, 1.807) is 11.8 Å². The summed E-state index contributed by atoms with van der Waals surface area (Å²) < 4.78 is 0. The first-order valence-corrected chi connectivity index (χ1v) is 14.5. The van der Waals surface area contributed by atoms with Crippen LogP contribution in [0.5, 0.6) is 0 Å². The SMILES string of the molecule is O=C1NC2CC(C(=O)NCCCN3CCN(Cc4ccccc4)CC3)CCC2S/C1=C\c1ccccc1. The number of hydrogen-bond acceptors (Lipinski definition) is 5. The molecule has 1 saturated carbocycles. The third-order valence-corrected chi connectivity index (χ3v) is 9.16. The molecular weight excluding hydrogens is 480 g/mol. The lowest BCUT2D eigenvalue weighted by Gasteiger charge is -2.39. The van der Waals surface area contributed by atoms with Gasteiger partial charge in [-0.3, -0.25) is 14.5 Å². The standard InChI is InChI=1S/C30H38N4O2S/c35-29(31-14-7-15-33-16-18-34(19-17-33)22-24-10-5-2-6-11-24)25-12-13-27-26(21-25)32-30(36)28(37-27)20-23-8-3-1-4-9-23/h1-6,8-11,20,25-27H,7,12-19,21-22H2,(H,31,35)(H,32,36)/b28-20-. The Kier molecular flexibility index (Phi) is 8.97. The maximum atomic E-state index is 12.9. The zero-order chi connectivity index (χ0) is 25.5. The van der Waals surface area contributed by atoms with Crippen molar-refractivity contribution in [3.8, 4) is 0 Å². The second kappa shape index (κ2) is 12.8. The third kappa shape index (κ3) is 7.24. The predicted molar refractivity (Wildman–Crippen MR) is 151 cm³/mol. The molecule has 2 amide bonds. The van der Waals surface area contributed by atoms with E-state index in [-0.39, 0.29) is 23.8 Å². The van der Waals surface area contributed by atoms with Crippen LogP contribution < -0.4 is 10.6 Å². The summed E-state index contributed by atoms with van der Waals surface area (Å²) in [4.78, 5) is 31.4. The number of benzene rings is 2. The number of carbonyl (C=O) groups is 2. The molecule has 2 saturated heterocycles. The predicted octanol–water partition coefficient (Wildman–Crippen LogP) is 3.75. The number of piperazine rings is 1. The van der Waals surface area contributed by atoms with Gasteiger partial charge < -0.3 is 15.5 Å². The molecule has 37 heavy (non-hydrogen) atoms. The molecule has 3 aliphatic rings. The van der Waals surface area contributed by atoms with Crippen LogP contribution in [0.15, 0.2) is 65.6 Å². The number of carbonyl (C=O) groups excluding carboxylic acids is 2. The van der Waals surface area contributed by atoms with Crippen molar-refractivity contribution in [3.63, 3.8) is 0 Å². The van der Waals surface area contributed by atoms with Crippen molar-refractivity contribution in [2.24, 2.45) is 5.92 Å². The minimum Gasteiger partial charge on any atom is -0.356 e. The van der Waals surface area contributed by atoms with Crippen LogP contribution in [-0.4, -0.2) is 72.2 Å². The molecule has 0 radical (unpaired) electrons. The molecule has 2 aliphatic heterocycles. The van der Waals surface area contributed by atoms with E-state index in [0.29, 0.717) is 5.25 Å². The Morgan fingerprint density at radius 3 is 2.43 bits per heavy atom. The minimum atomic E-state index is -0.0139. The maximum absolute atomic E-state index is 12.9. The van der Waals surface area contributed by atoms with Gasteiger partial charge in [0, 0.05) is 56.5 Å². The molecule has 0 aromatic heterocycles. The zero-order valence-electron chi connectivity index (χ0n) is 21.5. The van der Waals surface area contributed by atoms with Gasteiger partial charge in [-0.2, -0.15) is 0 Å². The first kappa shape index (κ1) is 26.0. The van der Waals surface area contributed by atoms with Gasteiger partial charge >= 0.3 is 0 Å². The van der Waals surface area contributed by atoms with E-state index in [4.69, 9.17) is 0 Å². The van der Waals surface area contributed by atoms with Crippen molar-refractivity contribution in [1.29, 1.82) is 0 Å². The highest BCUT2D eigenvalue weighted by Crippen LogP contribution is 2.39. The van der Waals surface area contributed by atoms with Crippen LogP contribution in [0.4, 0.5) is 0 Å². The fourth-order valence-corrected chi connectivity index (χ4v) is 6.90. The Hall–Kier alpha value is -2.61. The Bertz CT molecular complexity index is 1070. The van der Waals surface area contributed by atoms with Gasteiger partial charge in [-0.25, -0.2) is 0 Å². The van der Waals surface area contributed by atoms with Crippen molar-refractivity contribution in [2.45, 2.75) is 43.5 Å². The van der Waals surface area contributed by atoms with E-state index in [9.17, 15) is 9.59 Å². The van der Waals surface area contributed by atoms with E-state index in [2.05, 4.69) is 50.8 Å². The van der Waals surface area contributed by atoms with Crippen LogP contribution in [0.1, 0.15) is 36.8 Å². The van der Waals surface area contributed by atoms with Crippen LogP contribution in [0.25, 0.3) is 6.08 Å². The van der Waals surface area contributed by atoms with Crippen LogP contribution in [0.2, 0.25) is 0 Å². The third-order valence-electron chi connectivity index (χ3n) is 7.74. The number of amides is 2. The van der Waals surface area contributed by atoms with Crippen LogP contribution in [-0.2, 0) is 16.1 Å². The van der Waals surface area contributed by atoms with Gasteiger partial charge in [0.1, 0.15) is 0 Å². The summed E-state index contributed by atoms with van der Waals surface area (Å²) in [5.41, 5.74) is 2.42. The number of hydrogen-bond donors (Lipinski definition) is 2. The summed E-state index contributed by atoms with van der Waals surface area (Å²) in [5, 5.41) is 6.70. The summed E-state index contributed by atoms with van der Waals surface area (Å²) in [6, 6.07) is 20.7. The summed E-state index contributed by atoms with van der Waals surface area (Å²) >= 11 is 1.68.